The van der Waals surface area contributed by atoms with Crippen molar-refractivity contribution in [1.29, 1.82) is 0 Å². The molecule has 1 aliphatic carbocycles. The minimum atomic E-state index is -4.31. The molecule has 110 valence electrons. The first-order valence-corrected chi connectivity index (χ1v) is 7.02. The first-order valence-electron chi connectivity index (χ1n) is 7.02. The van der Waals surface area contributed by atoms with Gasteiger partial charge in [0.2, 0.25) is 0 Å². The van der Waals surface area contributed by atoms with Crippen LogP contribution in [0.1, 0.15) is 31.2 Å². The third kappa shape index (κ3) is 2.77. The van der Waals surface area contributed by atoms with Crippen molar-refractivity contribution in [2.45, 2.75) is 38.0 Å². The molecule has 1 aromatic rings. The van der Waals surface area contributed by atoms with E-state index in [9.17, 15) is 13.2 Å². The molecule has 2 aliphatic rings. The lowest BCUT2D eigenvalue weighted by atomic mass is 9.62. The Bertz CT molecular complexity index is 472. The van der Waals surface area contributed by atoms with E-state index in [1.54, 1.807) is 6.07 Å². The van der Waals surface area contributed by atoms with E-state index in [4.69, 9.17) is 4.74 Å². The number of nitrogens with one attached hydrogen (secondary N) is 1. The Morgan fingerprint density at radius 2 is 1.85 bits per heavy atom. The van der Waals surface area contributed by atoms with Crippen LogP contribution in [0.4, 0.5) is 13.2 Å². The highest BCUT2D eigenvalue weighted by Gasteiger charge is 2.45. The summed E-state index contributed by atoms with van der Waals surface area (Å²) >= 11 is 0. The van der Waals surface area contributed by atoms with E-state index in [0.717, 1.165) is 50.9 Å². The Balaban J connectivity index is 1.60. The van der Waals surface area contributed by atoms with Crippen molar-refractivity contribution in [1.82, 2.24) is 5.32 Å². The molecule has 0 atom stereocenters. The standard InChI is InChI=1S/C15H18F3NO/c16-15(17,18)11-2-1-3-12(8-11)20-13-9-14(10-13)4-6-19-7-5-14/h1-3,8,13,19H,4-7,9-10H2. The quantitative estimate of drug-likeness (QED) is 0.896. The van der Waals surface area contributed by atoms with Gasteiger partial charge < -0.3 is 10.1 Å². The predicted octanol–water partition coefficient (Wildman–Crippen LogP) is 3.62. The summed E-state index contributed by atoms with van der Waals surface area (Å²) in [6.45, 7) is 2.08. The first kappa shape index (κ1) is 13.7. The van der Waals surface area contributed by atoms with E-state index >= 15 is 0 Å². The molecule has 0 bridgehead atoms. The Morgan fingerprint density at radius 1 is 1.15 bits per heavy atom. The van der Waals surface area contributed by atoms with Crippen LogP contribution in [0.2, 0.25) is 0 Å². The Hall–Kier alpha value is -1.23. The van der Waals surface area contributed by atoms with Crippen molar-refractivity contribution in [3.05, 3.63) is 29.8 Å². The highest BCUT2D eigenvalue weighted by Crippen LogP contribution is 2.49. The molecule has 2 fully saturated rings. The lowest BCUT2D eigenvalue weighted by Gasteiger charge is -2.49. The zero-order valence-electron chi connectivity index (χ0n) is 11.2. The zero-order chi connectivity index (χ0) is 14.2. The lowest BCUT2D eigenvalue weighted by Crippen LogP contribution is -2.49. The fourth-order valence-corrected chi connectivity index (χ4v) is 3.29. The molecule has 1 aliphatic heterocycles. The highest BCUT2D eigenvalue weighted by molar-refractivity contribution is 5.30. The normalized spacial score (nSPS) is 22.6. The number of alkyl halides is 3. The number of halogens is 3. The van der Waals surface area contributed by atoms with Crippen LogP contribution < -0.4 is 10.1 Å². The lowest BCUT2D eigenvalue weighted by molar-refractivity contribution is -0.137. The third-order valence-electron chi connectivity index (χ3n) is 4.45. The van der Waals surface area contributed by atoms with Gasteiger partial charge in [0.15, 0.2) is 0 Å². The summed E-state index contributed by atoms with van der Waals surface area (Å²) in [6, 6.07) is 5.16. The van der Waals surface area contributed by atoms with Crippen molar-refractivity contribution >= 4 is 0 Å². The highest BCUT2D eigenvalue weighted by atomic mass is 19.4. The molecule has 1 saturated heterocycles. The van der Waals surface area contributed by atoms with Crippen LogP contribution in [0, 0.1) is 5.41 Å². The monoisotopic (exact) mass is 285 g/mol. The second kappa shape index (κ2) is 4.95. The van der Waals surface area contributed by atoms with Gasteiger partial charge in [0.05, 0.1) is 11.7 Å². The van der Waals surface area contributed by atoms with Gasteiger partial charge in [0.25, 0.3) is 0 Å². The maximum Gasteiger partial charge on any atom is 0.416 e. The summed E-state index contributed by atoms with van der Waals surface area (Å²) in [6.07, 6.45) is -0.0210. The van der Waals surface area contributed by atoms with E-state index in [1.165, 1.54) is 6.07 Å². The molecule has 2 nitrogen and oxygen atoms in total. The summed E-state index contributed by atoms with van der Waals surface area (Å²) < 4.78 is 43.6. The average molecular weight is 285 g/mol. The average Bonchev–Trinajstić information content (AvgIpc) is 2.37. The van der Waals surface area contributed by atoms with Gasteiger partial charge in [-0.15, -0.1) is 0 Å². The Labute approximate surface area is 116 Å². The van der Waals surface area contributed by atoms with Gasteiger partial charge in [-0.25, -0.2) is 0 Å². The van der Waals surface area contributed by atoms with Gasteiger partial charge in [-0.1, -0.05) is 6.07 Å². The molecule has 0 radical (unpaired) electrons. The molecule has 1 N–H and O–H groups in total. The van der Waals surface area contributed by atoms with E-state index in [1.807, 2.05) is 0 Å². The maximum atomic E-state index is 12.6. The molecule has 0 unspecified atom stereocenters. The maximum absolute atomic E-state index is 12.6. The van der Waals surface area contributed by atoms with Gasteiger partial charge in [-0.2, -0.15) is 13.2 Å². The van der Waals surface area contributed by atoms with Gasteiger partial charge in [-0.05, 0) is 62.4 Å². The van der Waals surface area contributed by atoms with Crippen LogP contribution >= 0.6 is 0 Å². The summed E-state index contributed by atoms with van der Waals surface area (Å²) in [7, 11) is 0. The molecule has 5 heteroatoms. The summed E-state index contributed by atoms with van der Waals surface area (Å²) in [5, 5.41) is 3.33. The number of ether oxygens (including phenoxy) is 1. The fourth-order valence-electron chi connectivity index (χ4n) is 3.29. The fraction of sp³-hybridized carbons (Fsp3) is 0.600. The number of rotatable bonds is 2. The topological polar surface area (TPSA) is 21.3 Å². The second-order valence-corrected chi connectivity index (χ2v) is 5.92. The summed E-state index contributed by atoms with van der Waals surface area (Å²) in [4.78, 5) is 0. The summed E-state index contributed by atoms with van der Waals surface area (Å²) in [5.74, 6) is 0.327. The minimum absolute atomic E-state index is 0.0663. The minimum Gasteiger partial charge on any atom is -0.490 e. The van der Waals surface area contributed by atoms with Crippen LogP contribution in [0.15, 0.2) is 24.3 Å². The molecule has 1 aromatic carbocycles. The van der Waals surface area contributed by atoms with Crippen molar-refractivity contribution in [3.8, 4) is 5.75 Å². The molecule has 1 heterocycles. The molecule has 1 saturated carbocycles. The third-order valence-corrected chi connectivity index (χ3v) is 4.45. The van der Waals surface area contributed by atoms with Crippen LogP contribution in [0.5, 0.6) is 5.75 Å². The van der Waals surface area contributed by atoms with Gasteiger partial charge in [0, 0.05) is 0 Å². The number of piperidine rings is 1. The number of hydrogen-bond donors (Lipinski definition) is 1. The van der Waals surface area contributed by atoms with E-state index in [-0.39, 0.29) is 6.10 Å². The molecular weight excluding hydrogens is 267 g/mol. The van der Waals surface area contributed by atoms with Crippen LogP contribution in [0.25, 0.3) is 0 Å². The van der Waals surface area contributed by atoms with Crippen molar-refractivity contribution in [3.63, 3.8) is 0 Å². The van der Waals surface area contributed by atoms with Crippen LogP contribution in [0.3, 0.4) is 0 Å². The second-order valence-electron chi connectivity index (χ2n) is 5.92. The molecule has 20 heavy (non-hydrogen) atoms. The van der Waals surface area contributed by atoms with E-state index in [2.05, 4.69) is 5.32 Å². The van der Waals surface area contributed by atoms with Gasteiger partial charge in [0.1, 0.15) is 5.75 Å². The van der Waals surface area contributed by atoms with Crippen LogP contribution in [-0.2, 0) is 6.18 Å². The van der Waals surface area contributed by atoms with Gasteiger partial charge in [-0.3, -0.25) is 0 Å². The molecule has 0 amide bonds. The first-order chi connectivity index (χ1) is 9.47. The SMILES string of the molecule is FC(F)(F)c1cccc(OC2CC3(CCNCC3)C2)c1. The predicted molar refractivity (Wildman–Crippen MR) is 69.6 cm³/mol. The zero-order valence-corrected chi connectivity index (χ0v) is 11.2. The molecule has 1 spiro atoms. The summed E-state index contributed by atoms with van der Waals surface area (Å²) in [5.41, 5.74) is -0.275. The number of benzene rings is 1. The van der Waals surface area contributed by atoms with E-state index < -0.39 is 11.7 Å². The molecule has 3 rings (SSSR count). The molecule has 0 aromatic heterocycles. The van der Waals surface area contributed by atoms with Crippen molar-refractivity contribution in [2.24, 2.45) is 5.41 Å². The smallest absolute Gasteiger partial charge is 0.416 e. The van der Waals surface area contributed by atoms with Crippen molar-refractivity contribution in [2.75, 3.05) is 13.1 Å². The Morgan fingerprint density at radius 3 is 2.50 bits per heavy atom. The Kier molecular flexibility index (Phi) is 3.40. The molecular formula is C15H18F3NO. The van der Waals surface area contributed by atoms with Crippen LogP contribution in [-0.4, -0.2) is 19.2 Å². The van der Waals surface area contributed by atoms with Crippen molar-refractivity contribution < 1.29 is 17.9 Å². The largest absolute Gasteiger partial charge is 0.490 e. The number of hydrogen-bond acceptors (Lipinski definition) is 2. The van der Waals surface area contributed by atoms with Gasteiger partial charge >= 0.3 is 6.18 Å². The van der Waals surface area contributed by atoms with E-state index in [0.29, 0.717) is 11.2 Å².